The molecule has 4 heterocycles. The standard InChI is InChI=1S/C25H34N6O3S/c1-17-11-18(2)16-31(15-17)23-13-22(30-5-7-32-8-6-30)27-24(28-23)29-25(35)26-14-19-3-4-20-21(12-19)34-10-9-33-20/h3-4,12-13,17-18H,5-11,14-16H2,1-2H3,(H2,26,27,28,29,35)/t17-,18-/m0/s1. The number of piperidine rings is 1. The molecule has 1 aromatic heterocycles. The molecule has 0 amide bonds. The smallest absolute Gasteiger partial charge is 0.232 e. The van der Waals surface area contributed by atoms with Gasteiger partial charge in [-0.1, -0.05) is 19.9 Å². The van der Waals surface area contributed by atoms with Crippen LogP contribution < -0.4 is 29.9 Å². The fraction of sp³-hybridized carbons (Fsp3) is 0.560. The van der Waals surface area contributed by atoms with Crippen LogP contribution in [0.25, 0.3) is 0 Å². The largest absolute Gasteiger partial charge is 0.486 e. The number of anilines is 3. The van der Waals surface area contributed by atoms with Gasteiger partial charge in [-0.15, -0.1) is 0 Å². The summed E-state index contributed by atoms with van der Waals surface area (Å²) in [5.74, 6) is 5.16. The SMILES string of the molecule is C[C@H]1C[C@H](C)CN(c2cc(N3CCOCC3)nc(NC(=S)NCc3ccc4c(c3)OCCO4)n2)C1. The zero-order valence-corrected chi connectivity index (χ0v) is 21.3. The van der Waals surface area contributed by atoms with Gasteiger partial charge in [0.25, 0.3) is 0 Å². The second-order valence-corrected chi connectivity index (χ2v) is 10.1. The Morgan fingerprint density at radius 1 is 0.943 bits per heavy atom. The fourth-order valence-corrected chi connectivity index (χ4v) is 5.13. The number of ether oxygens (including phenoxy) is 3. The molecule has 1 aromatic carbocycles. The van der Waals surface area contributed by atoms with Gasteiger partial charge >= 0.3 is 0 Å². The van der Waals surface area contributed by atoms with E-state index in [0.717, 1.165) is 54.9 Å². The van der Waals surface area contributed by atoms with E-state index in [1.807, 2.05) is 18.2 Å². The van der Waals surface area contributed by atoms with Gasteiger partial charge in [0.05, 0.1) is 13.2 Å². The second kappa shape index (κ2) is 10.8. The molecular weight excluding hydrogens is 464 g/mol. The van der Waals surface area contributed by atoms with E-state index in [1.165, 1.54) is 6.42 Å². The van der Waals surface area contributed by atoms with Gasteiger partial charge < -0.3 is 34.6 Å². The van der Waals surface area contributed by atoms with E-state index >= 15 is 0 Å². The van der Waals surface area contributed by atoms with Crippen molar-refractivity contribution in [3.63, 3.8) is 0 Å². The maximum absolute atomic E-state index is 5.68. The van der Waals surface area contributed by atoms with Crippen molar-refractivity contribution in [1.82, 2.24) is 15.3 Å². The van der Waals surface area contributed by atoms with E-state index < -0.39 is 0 Å². The summed E-state index contributed by atoms with van der Waals surface area (Å²) < 4.78 is 16.8. The Labute approximate surface area is 212 Å². The predicted octanol–water partition coefficient (Wildman–Crippen LogP) is 3.05. The summed E-state index contributed by atoms with van der Waals surface area (Å²) in [4.78, 5) is 14.3. The highest BCUT2D eigenvalue weighted by Gasteiger charge is 2.25. The zero-order chi connectivity index (χ0) is 24.2. The molecule has 5 rings (SSSR count). The number of nitrogens with one attached hydrogen (secondary N) is 2. The maximum atomic E-state index is 5.68. The molecule has 3 aliphatic heterocycles. The van der Waals surface area contributed by atoms with Crippen LogP contribution in [0.3, 0.4) is 0 Å². The van der Waals surface area contributed by atoms with E-state index in [1.54, 1.807) is 0 Å². The molecule has 0 bridgehead atoms. The highest BCUT2D eigenvalue weighted by atomic mass is 32.1. The van der Waals surface area contributed by atoms with E-state index in [4.69, 9.17) is 36.4 Å². The highest BCUT2D eigenvalue weighted by Crippen LogP contribution is 2.31. The molecule has 35 heavy (non-hydrogen) atoms. The van der Waals surface area contributed by atoms with Crippen molar-refractivity contribution in [2.24, 2.45) is 11.8 Å². The predicted molar refractivity (Wildman–Crippen MR) is 141 cm³/mol. The van der Waals surface area contributed by atoms with Crippen LogP contribution in [0.1, 0.15) is 25.8 Å². The fourth-order valence-electron chi connectivity index (χ4n) is 4.97. The average Bonchev–Trinajstić information content (AvgIpc) is 2.87. The molecule has 10 heteroatoms. The van der Waals surface area contributed by atoms with Gasteiger partial charge in [0.2, 0.25) is 5.95 Å². The van der Waals surface area contributed by atoms with Crippen LogP contribution >= 0.6 is 12.2 Å². The Morgan fingerprint density at radius 2 is 1.63 bits per heavy atom. The molecule has 0 saturated carbocycles. The first-order chi connectivity index (χ1) is 17.0. The molecule has 0 aliphatic carbocycles. The van der Waals surface area contributed by atoms with Crippen LogP contribution in [0, 0.1) is 11.8 Å². The maximum Gasteiger partial charge on any atom is 0.232 e. The van der Waals surface area contributed by atoms with E-state index in [9.17, 15) is 0 Å². The van der Waals surface area contributed by atoms with Gasteiger partial charge in [0.15, 0.2) is 16.6 Å². The van der Waals surface area contributed by atoms with Crippen LogP contribution in [0.5, 0.6) is 11.5 Å². The van der Waals surface area contributed by atoms with Crippen LogP contribution in [0.4, 0.5) is 17.6 Å². The summed E-state index contributed by atoms with van der Waals surface area (Å²) in [7, 11) is 0. The Bertz CT molecular complexity index is 1040. The second-order valence-electron chi connectivity index (χ2n) is 9.64. The molecule has 2 aromatic rings. The Kier molecular flexibility index (Phi) is 7.38. The first kappa shape index (κ1) is 23.9. The number of nitrogens with zero attached hydrogens (tertiary/aromatic N) is 4. The summed E-state index contributed by atoms with van der Waals surface area (Å²) >= 11 is 5.59. The minimum Gasteiger partial charge on any atom is -0.486 e. The van der Waals surface area contributed by atoms with Crippen LogP contribution in [-0.2, 0) is 11.3 Å². The van der Waals surface area contributed by atoms with Crippen molar-refractivity contribution >= 4 is 34.9 Å². The van der Waals surface area contributed by atoms with Gasteiger partial charge in [0.1, 0.15) is 24.8 Å². The third kappa shape index (κ3) is 6.05. The van der Waals surface area contributed by atoms with Gasteiger partial charge in [-0.05, 0) is 48.2 Å². The number of fused-ring (bicyclic) bond motifs is 1. The summed E-state index contributed by atoms with van der Waals surface area (Å²) in [6, 6.07) is 8.03. The average molecular weight is 499 g/mol. The summed E-state index contributed by atoms with van der Waals surface area (Å²) in [5.41, 5.74) is 1.05. The number of thiocarbonyl (C=S) groups is 1. The number of morpholine rings is 1. The molecule has 2 N–H and O–H groups in total. The van der Waals surface area contributed by atoms with E-state index in [2.05, 4.69) is 40.3 Å². The number of aromatic nitrogens is 2. The lowest BCUT2D eigenvalue weighted by Crippen LogP contribution is -2.40. The quantitative estimate of drug-likeness (QED) is 0.600. The van der Waals surface area contributed by atoms with Crippen LogP contribution in [0.15, 0.2) is 24.3 Å². The van der Waals surface area contributed by atoms with Crippen molar-refractivity contribution in [2.75, 3.05) is 67.7 Å². The molecule has 2 saturated heterocycles. The topological polar surface area (TPSA) is 84.0 Å². The van der Waals surface area contributed by atoms with E-state index in [0.29, 0.717) is 55.9 Å². The molecule has 188 valence electrons. The highest BCUT2D eigenvalue weighted by molar-refractivity contribution is 7.80. The number of benzene rings is 1. The number of rotatable bonds is 5. The van der Waals surface area contributed by atoms with Crippen molar-refractivity contribution < 1.29 is 14.2 Å². The van der Waals surface area contributed by atoms with Crippen molar-refractivity contribution in [3.05, 3.63) is 29.8 Å². The number of hydrogen-bond donors (Lipinski definition) is 2. The van der Waals surface area contributed by atoms with Gasteiger partial charge in [-0.2, -0.15) is 9.97 Å². The lowest BCUT2D eigenvalue weighted by molar-refractivity contribution is 0.122. The zero-order valence-electron chi connectivity index (χ0n) is 20.5. The molecule has 3 aliphatic rings. The van der Waals surface area contributed by atoms with Gasteiger partial charge in [-0.3, -0.25) is 0 Å². The monoisotopic (exact) mass is 498 g/mol. The third-order valence-electron chi connectivity index (χ3n) is 6.51. The van der Waals surface area contributed by atoms with Crippen molar-refractivity contribution in [3.8, 4) is 11.5 Å². The summed E-state index contributed by atoms with van der Waals surface area (Å²) in [6.07, 6.45) is 1.25. The molecule has 0 spiro atoms. The van der Waals surface area contributed by atoms with Gasteiger partial charge in [0, 0.05) is 38.8 Å². The first-order valence-electron chi connectivity index (χ1n) is 12.4. The van der Waals surface area contributed by atoms with Crippen LogP contribution in [-0.4, -0.2) is 67.7 Å². The molecule has 2 atom stereocenters. The third-order valence-corrected chi connectivity index (χ3v) is 6.76. The lowest BCUT2D eigenvalue weighted by Gasteiger charge is -2.36. The molecule has 0 radical (unpaired) electrons. The Morgan fingerprint density at radius 3 is 2.37 bits per heavy atom. The molecule has 9 nitrogen and oxygen atoms in total. The minimum absolute atomic E-state index is 0.477. The first-order valence-corrected chi connectivity index (χ1v) is 12.8. The van der Waals surface area contributed by atoms with Crippen molar-refractivity contribution in [1.29, 1.82) is 0 Å². The van der Waals surface area contributed by atoms with Crippen LogP contribution in [0.2, 0.25) is 0 Å². The van der Waals surface area contributed by atoms with Crippen molar-refractivity contribution in [2.45, 2.75) is 26.8 Å². The summed E-state index contributed by atoms with van der Waals surface area (Å²) in [6.45, 7) is 11.4. The molecular formula is C25H34N6O3S. The summed E-state index contributed by atoms with van der Waals surface area (Å²) in [5, 5.41) is 6.95. The Hall–Kier alpha value is -2.85. The number of hydrogen-bond acceptors (Lipinski definition) is 8. The normalized spacial score (nSPS) is 22.0. The molecule has 0 unspecified atom stereocenters. The van der Waals surface area contributed by atoms with E-state index in [-0.39, 0.29) is 0 Å². The minimum atomic E-state index is 0.477. The Balaban J connectivity index is 1.29. The van der Waals surface area contributed by atoms with Gasteiger partial charge in [-0.25, -0.2) is 0 Å². The lowest BCUT2D eigenvalue weighted by atomic mass is 9.92. The molecule has 2 fully saturated rings.